The van der Waals surface area contributed by atoms with Crippen LogP contribution in [0.4, 0.5) is 10.6 Å². The number of rotatable bonds is 0. The lowest BCUT2D eigenvalue weighted by atomic mass is 10.0. The van der Waals surface area contributed by atoms with Gasteiger partial charge in [0.15, 0.2) is 0 Å². The monoisotopic (exact) mass is 338 g/mol. The zero-order valence-corrected chi connectivity index (χ0v) is 14.1. The number of anilines is 1. The molecule has 2 saturated heterocycles. The van der Waals surface area contributed by atoms with Crippen molar-refractivity contribution in [2.45, 2.75) is 50.9 Å². The Kier molecular flexibility index (Phi) is 2.84. The number of likely N-dealkylation sites (tertiary alicyclic amines) is 1. The molecule has 1 aromatic heterocycles. The van der Waals surface area contributed by atoms with Crippen LogP contribution in [-0.2, 0) is 11.3 Å². The van der Waals surface area contributed by atoms with E-state index in [0.29, 0.717) is 19.6 Å². The van der Waals surface area contributed by atoms with Crippen LogP contribution in [0.3, 0.4) is 0 Å². The van der Waals surface area contributed by atoms with E-state index in [4.69, 9.17) is 16.3 Å². The summed E-state index contributed by atoms with van der Waals surface area (Å²) in [5.41, 5.74) is -1.08. The van der Waals surface area contributed by atoms with Crippen molar-refractivity contribution in [3.05, 3.63) is 21.7 Å². The van der Waals surface area contributed by atoms with E-state index in [1.54, 1.807) is 15.5 Å². The zero-order chi connectivity index (χ0) is 16.6. The summed E-state index contributed by atoms with van der Waals surface area (Å²) < 4.78 is 7.16. The van der Waals surface area contributed by atoms with Gasteiger partial charge in [0, 0.05) is 19.2 Å². The van der Waals surface area contributed by atoms with Gasteiger partial charge in [0.05, 0.1) is 18.1 Å². The van der Waals surface area contributed by atoms with Crippen LogP contribution in [0.1, 0.15) is 27.2 Å². The fourth-order valence-corrected chi connectivity index (χ4v) is 4.20. The van der Waals surface area contributed by atoms with Gasteiger partial charge in [-0.25, -0.2) is 9.59 Å². The topological polar surface area (TPSA) is 67.7 Å². The van der Waals surface area contributed by atoms with Crippen LogP contribution in [0.5, 0.6) is 0 Å². The van der Waals surface area contributed by atoms with Crippen LogP contribution in [0.15, 0.2) is 10.9 Å². The molecule has 2 fully saturated rings. The van der Waals surface area contributed by atoms with Crippen molar-refractivity contribution < 1.29 is 9.53 Å². The average Bonchev–Trinajstić information content (AvgIpc) is 3.02. The van der Waals surface area contributed by atoms with Crippen molar-refractivity contribution in [3.63, 3.8) is 0 Å². The van der Waals surface area contributed by atoms with Gasteiger partial charge in [-0.1, -0.05) is 11.6 Å². The highest BCUT2D eigenvalue weighted by Gasteiger charge is 2.60. The summed E-state index contributed by atoms with van der Waals surface area (Å²) in [6.45, 7) is 7.39. The van der Waals surface area contributed by atoms with Crippen LogP contribution in [0, 0.1) is 0 Å². The van der Waals surface area contributed by atoms with Gasteiger partial charge in [-0.2, -0.15) is 4.98 Å². The normalized spacial score (nSPS) is 28.1. The largest absolute Gasteiger partial charge is 0.444 e. The quantitative estimate of drug-likeness (QED) is 0.670. The van der Waals surface area contributed by atoms with Crippen molar-refractivity contribution in [2.24, 2.45) is 0 Å². The molecule has 0 unspecified atom stereocenters. The van der Waals surface area contributed by atoms with Crippen molar-refractivity contribution in [1.82, 2.24) is 14.5 Å². The van der Waals surface area contributed by atoms with Crippen LogP contribution >= 0.6 is 11.6 Å². The Bertz CT molecular complexity index is 756. The van der Waals surface area contributed by atoms with Gasteiger partial charge < -0.3 is 14.5 Å². The highest BCUT2D eigenvalue weighted by Crippen LogP contribution is 2.48. The number of aromatic nitrogens is 2. The minimum absolute atomic E-state index is 0.112. The summed E-state index contributed by atoms with van der Waals surface area (Å²) in [5, 5.41) is 0.213. The highest BCUT2D eigenvalue weighted by molar-refractivity contribution is 6.29. The van der Waals surface area contributed by atoms with E-state index in [0.717, 1.165) is 12.2 Å². The van der Waals surface area contributed by atoms with Gasteiger partial charge in [0.2, 0.25) is 0 Å². The molecule has 1 spiro atoms. The molecular weight excluding hydrogens is 320 g/mol. The molecule has 4 heterocycles. The Hall–Kier alpha value is -1.76. The molecule has 0 radical (unpaired) electrons. The molecule has 7 nitrogen and oxygen atoms in total. The molecule has 1 aromatic rings. The minimum atomic E-state index is -0.511. The van der Waals surface area contributed by atoms with Crippen molar-refractivity contribution in [1.29, 1.82) is 0 Å². The third-order valence-corrected chi connectivity index (χ3v) is 5.00. The first-order valence-electron chi connectivity index (χ1n) is 7.73. The number of nitrogens with zero attached hydrogens (tertiary/aromatic N) is 4. The maximum absolute atomic E-state index is 12.4. The van der Waals surface area contributed by atoms with E-state index in [9.17, 15) is 9.59 Å². The van der Waals surface area contributed by atoms with Crippen LogP contribution < -0.4 is 10.6 Å². The fraction of sp³-hybridized carbons (Fsp3) is 0.667. The lowest BCUT2D eigenvalue weighted by Gasteiger charge is -2.38. The number of fused-ring (bicyclic) bond motifs is 3. The summed E-state index contributed by atoms with van der Waals surface area (Å²) >= 11 is 5.93. The van der Waals surface area contributed by atoms with E-state index >= 15 is 0 Å². The molecule has 0 aromatic carbocycles. The first kappa shape index (κ1) is 14.8. The van der Waals surface area contributed by atoms with Gasteiger partial charge >= 0.3 is 11.8 Å². The van der Waals surface area contributed by atoms with E-state index in [1.807, 2.05) is 20.8 Å². The Morgan fingerprint density at radius 2 is 2.17 bits per heavy atom. The molecule has 0 aliphatic carbocycles. The van der Waals surface area contributed by atoms with Crippen LogP contribution in [0.25, 0.3) is 0 Å². The Balaban J connectivity index is 1.62. The predicted molar refractivity (Wildman–Crippen MR) is 84.9 cm³/mol. The first-order valence-corrected chi connectivity index (χ1v) is 8.11. The molecule has 0 N–H and O–H groups in total. The zero-order valence-electron chi connectivity index (χ0n) is 13.4. The number of amides is 1. The number of halogens is 1. The molecule has 2 bridgehead atoms. The van der Waals surface area contributed by atoms with Crippen molar-refractivity contribution in [2.75, 3.05) is 18.0 Å². The summed E-state index contributed by atoms with van der Waals surface area (Å²) in [5.74, 6) is 0.807. The second-order valence-corrected chi connectivity index (χ2v) is 7.99. The number of hydrogen-bond acceptors (Lipinski definition) is 5. The van der Waals surface area contributed by atoms with Gasteiger partial charge in [0.1, 0.15) is 16.6 Å². The third kappa shape index (κ3) is 2.13. The number of ether oxygens (including phenoxy) is 1. The molecule has 124 valence electrons. The molecule has 8 heteroatoms. The fourth-order valence-electron chi connectivity index (χ4n) is 4.03. The van der Waals surface area contributed by atoms with Crippen LogP contribution in [0.2, 0.25) is 5.15 Å². The summed E-state index contributed by atoms with van der Waals surface area (Å²) in [6.07, 6.45) is 0.559. The molecule has 2 atom stereocenters. The lowest BCUT2D eigenvalue weighted by molar-refractivity contribution is 0.0201. The van der Waals surface area contributed by atoms with E-state index in [2.05, 4.69) is 9.88 Å². The number of piperazine rings is 1. The molecule has 0 saturated carbocycles. The molecule has 4 rings (SSSR count). The van der Waals surface area contributed by atoms with Gasteiger partial charge in [-0.3, -0.25) is 4.57 Å². The van der Waals surface area contributed by atoms with Gasteiger partial charge in [-0.15, -0.1) is 0 Å². The van der Waals surface area contributed by atoms with Gasteiger partial charge in [-0.05, 0) is 27.2 Å². The summed E-state index contributed by atoms with van der Waals surface area (Å²) in [7, 11) is 0. The second-order valence-electron chi connectivity index (χ2n) is 7.61. The smallest absolute Gasteiger partial charge is 0.410 e. The van der Waals surface area contributed by atoms with E-state index in [1.165, 1.54) is 0 Å². The molecule has 1 amide bonds. The Morgan fingerprint density at radius 1 is 1.43 bits per heavy atom. The number of carbonyl (C=O) groups excluding carboxylic acids is 1. The van der Waals surface area contributed by atoms with Crippen molar-refractivity contribution in [3.8, 4) is 0 Å². The maximum atomic E-state index is 12.4. The molecular formula is C15H19ClN4O3. The number of hydrogen-bond donors (Lipinski definition) is 0. The SMILES string of the molecule is CC(C)(C)OC(=O)N1C[C@]23C[C@H]1CN2c1cc(Cl)nc(=O)n1C3. The summed E-state index contributed by atoms with van der Waals surface area (Å²) in [4.78, 5) is 32.3. The van der Waals surface area contributed by atoms with Crippen LogP contribution in [-0.4, -0.2) is 50.8 Å². The lowest BCUT2D eigenvalue weighted by Crippen LogP contribution is -2.55. The average molecular weight is 339 g/mol. The van der Waals surface area contributed by atoms with Gasteiger partial charge in [0.25, 0.3) is 0 Å². The second kappa shape index (κ2) is 4.41. The predicted octanol–water partition coefficient (Wildman–Crippen LogP) is 1.48. The highest BCUT2D eigenvalue weighted by atomic mass is 35.5. The summed E-state index contributed by atoms with van der Waals surface area (Å²) in [6, 6.07) is 1.84. The van der Waals surface area contributed by atoms with E-state index < -0.39 is 5.60 Å². The molecule has 23 heavy (non-hydrogen) atoms. The molecule has 3 aliphatic heterocycles. The van der Waals surface area contributed by atoms with E-state index in [-0.39, 0.29) is 28.5 Å². The Labute approximate surface area is 138 Å². The standard InChI is InChI=1S/C15H19ClN4O3/c1-14(2,3)23-13(22)18-7-15-5-9(18)6-20(15)11-4-10(16)17-12(21)19(11)8-15/h4,9H,5-8H2,1-3H3/t9-,15-/m0/s1. The number of carbonyl (C=O) groups is 1. The Morgan fingerprint density at radius 3 is 2.87 bits per heavy atom. The molecule has 3 aliphatic rings. The first-order chi connectivity index (χ1) is 10.7. The third-order valence-electron chi connectivity index (χ3n) is 4.80. The minimum Gasteiger partial charge on any atom is -0.444 e. The maximum Gasteiger partial charge on any atom is 0.410 e. The van der Waals surface area contributed by atoms with Crippen molar-refractivity contribution >= 4 is 23.5 Å².